The SMILES string of the molecule is Cc1ccc(CNc2ccc(N(C)C)cc2C)cc1F. The number of halogens is 1. The highest BCUT2D eigenvalue weighted by molar-refractivity contribution is 5.59. The number of benzene rings is 2. The molecule has 3 heteroatoms. The Labute approximate surface area is 120 Å². The predicted molar refractivity (Wildman–Crippen MR) is 84.0 cm³/mol. The molecule has 2 aromatic carbocycles. The Balaban J connectivity index is 2.09. The molecule has 0 aromatic heterocycles. The Morgan fingerprint density at radius 1 is 1.00 bits per heavy atom. The van der Waals surface area contributed by atoms with E-state index in [0.29, 0.717) is 12.1 Å². The summed E-state index contributed by atoms with van der Waals surface area (Å²) >= 11 is 0. The van der Waals surface area contributed by atoms with Gasteiger partial charge < -0.3 is 10.2 Å². The summed E-state index contributed by atoms with van der Waals surface area (Å²) in [5.74, 6) is -0.149. The molecule has 0 bridgehead atoms. The maximum absolute atomic E-state index is 13.5. The van der Waals surface area contributed by atoms with Gasteiger partial charge >= 0.3 is 0 Å². The van der Waals surface area contributed by atoms with E-state index in [2.05, 4.69) is 35.3 Å². The van der Waals surface area contributed by atoms with Crippen LogP contribution in [-0.2, 0) is 6.54 Å². The lowest BCUT2D eigenvalue weighted by molar-refractivity contribution is 0.616. The molecule has 0 unspecified atom stereocenters. The number of hydrogen-bond acceptors (Lipinski definition) is 2. The molecule has 20 heavy (non-hydrogen) atoms. The second-order valence-electron chi connectivity index (χ2n) is 5.33. The van der Waals surface area contributed by atoms with E-state index in [1.807, 2.05) is 26.2 Å². The van der Waals surface area contributed by atoms with Crippen molar-refractivity contribution in [1.82, 2.24) is 0 Å². The topological polar surface area (TPSA) is 15.3 Å². The maximum Gasteiger partial charge on any atom is 0.126 e. The van der Waals surface area contributed by atoms with E-state index in [9.17, 15) is 4.39 Å². The quantitative estimate of drug-likeness (QED) is 0.900. The van der Waals surface area contributed by atoms with Gasteiger partial charge in [0.1, 0.15) is 5.82 Å². The summed E-state index contributed by atoms with van der Waals surface area (Å²) in [7, 11) is 4.05. The van der Waals surface area contributed by atoms with Crippen LogP contribution in [0.3, 0.4) is 0 Å². The Morgan fingerprint density at radius 2 is 1.75 bits per heavy atom. The summed E-state index contributed by atoms with van der Waals surface area (Å²) in [6.07, 6.45) is 0. The lowest BCUT2D eigenvalue weighted by atomic mass is 10.1. The summed E-state index contributed by atoms with van der Waals surface area (Å²) in [5, 5.41) is 3.36. The summed E-state index contributed by atoms with van der Waals surface area (Å²) in [5.41, 5.74) is 5.07. The van der Waals surface area contributed by atoms with Crippen LogP contribution in [0.2, 0.25) is 0 Å². The fourth-order valence-electron chi connectivity index (χ4n) is 2.07. The van der Waals surface area contributed by atoms with Gasteiger partial charge in [-0.15, -0.1) is 0 Å². The van der Waals surface area contributed by atoms with Crippen molar-refractivity contribution < 1.29 is 4.39 Å². The van der Waals surface area contributed by atoms with Gasteiger partial charge in [0, 0.05) is 32.0 Å². The van der Waals surface area contributed by atoms with Crippen LogP contribution in [0, 0.1) is 19.7 Å². The molecule has 0 radical (unpaired) electrons. The smallest absolute Gasteiger partial charge is 0.126 e. The van der Waals surface area contributed by atoms with Crippen LogP contribution >= 0.6 is 0 Å². The van der Waals surface area contributed by atoms with Gasteiger partial charge in [-0.2, -0.15) is 0 Å². The minimum atomic E-state index is -0.149. The van der Waals surface area contributed by atoms with Gasteiger partial charge in [-0.25, -0.2) is 4.39 Å². The molecule has 106 valence electrons. The molecule has 0 spiro atoms. The average molecular weight is 272 g/mol. The van der Waals surface area contributed by atoms with Crippen molar-refractivity contribution in [3.8, 4) is 0 Å². The molecule has 0 amide bonds. The summed E-state index contributed by atoms with van der Waals surface area (Å²) in [6.45, 7) is 4.47. The van der Waals surface area contributed by atoms with Crippen molar-refractivity contribution >= 4 is 11.4 Å². The molecule has 0 aliphatic carbocycles. The van der Waals surface area contributed by atoms with Gasteiger partial charge in [-0.1, -0.05) is 12.1 Å². The Hall–Kier alpha value is -2.03. The van der Waals surface area contributed by atoms with E-state index in [0.717, 1.165) is 11.3 Å². The molecule has 2 aromatic rings. The molecule has 0 fully saturated rings. The zero-order chi connectivity index (χ0) is 14.7. The van der Waals surface area contributed by atoms with Gasteiger partial charge in [0.2, 0.25) is 0 Å². The molecule has 0 saturated carbocycles. The number of rotatable bonds is 4. The van der Waals surface area contributed by atoms with E-state index in [1.54, 1.807) is 13.0 Å². The number of hydrogen-bond donors (Lipinski definition) is 1. The first-order chi connectivity index (χ1) is 9.47. The minimum Gasteiger partial charge on any atom is -0.381 e. The first-order valence-corrected chi connectivity index (χ1v) is 6.74. The Kier molecular flexibility index (Phi) is 4.28. The molecular weight excluding hydrogens is 251 g/mol. The van der Waals surface area contributed by atoms with Gasteiger partial charge in [0.25, 0.3) is 0 Å². The van der Waals surface area contributed by atoms with Crippen LogP contribution in [-0.4, -0.2) is 14.1 Å². The lowest BCUT2D eigenvalue weighted by Gasteiger charge is -2.16. The first kappa shape index (κ1) is 14.4. The maximum atomic E-state index is 13.5. The highest BCUT2D eigenvalue weighted by Crippen LogP contribution is 2.22. The molecule has 0 atom stereocenters. The molecule has 0 heterocycles. The Morgan fingerprint density at radius 3 is 2.35 bits per heavy atom. The van der Waals surface area contributed by atoms with Gasteiger partial charge in [0.15, 0.2) is 0 Å². The zero-order valence-corrected chi connectivity index (χ0v) is 12.5. The molecule has 0 aliphatic heterocycles. The monoisotopic (exact) mass is 272 g/mol. The fourth-order valence-corrected chi connectivity index (χ4v) is 2.07. The van der Waals surface area contributed by atoms with E-state index >= 15 is 0 Å². The van der Waals surface area contributed by atoms with Crippen LogP contribution in [0.5, 0.6) is 0 Å². The van der Waals surface area contributed by atoms with Crippen LogP contribution in [0.4, 0.5) is 15.8 Å². The standard InChI is InChI=1S/C17H21FN2/c1-12-5-6-14(10-16(12)18)11-19-17-8-7-15(20(3)4)9-13(17)2/h5-10,19H,11H2,1-4H3. The third kappa shape index (κ3) is 3.29. The van der Waals surface area contributed by atoms with Crippen LogP contribution in [0.25, 0.3) is 0 Å². The van der Waals surface area contributed by atoms with Crippen molar-refractivity contribution in [2.75, 3.05) is 24.3 Å². The molecule has 1 N–H and O–H groups in total. The summed E-state index contributed by atoms with van der Waals surface area (Å²) in [4.78, 5) is 2.08. The van der Waals surface area contributed by atoms with E-state index in [4.69, 9.17) is 0 Å². The van der Waals surface area contributed by atoms with Crippen molar-refractivity contribution in [3.05, 3.63) is 58.9 Å². The second-order valence-corrected chi connectivity index (χ2v) is 5.33. The third-order valence-corrected chi connectivity index (χ3v) is 3.45. The lowest BCUT2D eigenvalue weighted by Crippen LogP contribution is -2.09. The van der Waals surface area contributed by atoms with E-state index in [1.165, 1.54) is 11.3 Å². The average Bonchev–Trinajstić information content (AvgIpc) is 2.41. The number of anilines is 2. The fraction of sp³-hybridized carbons (Fsp3) is 0.294. The van der Waals surface area contributed by atoms with Crippen LogP contribution in [0.15, 0.2) is 36.4 Å². The molecule has 0 aliphatic rings. The first-order valence-electron chi connectivity index (χ1n) is 6.74. The minimum absolute atomic E-state index is 0.149. The number of aryl methyl sites for hydroxylation is 2. The molecular formula is C17H21FN2. The summed E-state index contributed by atoms with van der Waals surface area (Å²) < 4.78 is 13.5. The summed E-state index contributed by atoms with van der Waals surface area (Å²) in [6, 6.07) is 11.6. The third-order valence-electron chi connectivity index (χ3n) is 3.45. The van der Waals surface area contributed by atoms with Crippen molar-refractivity contribution in [1.29, 1.82) is 0 Å². The molecule has 0 saturated heterocycles. The number of nitrogens with zero attached hydrogens (tertiary/aromatic N) is 1. The Bertz CT molecular complexity index is 606. The highest BCUT2D eigenvalue weighted by atomic mass is 19.1. The van der Waals surface area contributed by atoms with Crippen LogP contribution < -0.4 is 10.2 Å². The van der Waals surface area contributed by atoms with E-state index in [-0.39, 0.29) is 5.82 Å². The molecule has 2 rings (SSSR count). The molecule has 2 nitrogen and oxygen atoms in total. The van der Waals surface area contributed by atoms with Crippen molar-refractivity contribution in [3.63, 3.8) is 0 Å². The van der Waals surface area contributed by atoms with E-state index < -0.39 is 0 Å². The zero-order valence-electron chi connectivity index (χ0n) is 12.5. The largest absolute Gasteiger partial charge is 0.381 e. The predicted octanol–water partition coefficient (Wildman–Crippen LogP) is 4.12. The number of nitrogens with one attached hydrogen (secondary N) is 1. The van der Waals surface area contributed by atoms with Crippen LogP contribution in [0.1, 0.15) is 16.7 Å². The highest BCUT2D eigenvalue weighted by Gasteiger charge is 2.03. The normalized spacial score (nSPS) is 10.4. The van der Waals surface area contributed by atoms with Crippen molar-refractivity contribution in [2.24, 2.45) is 0 Å². The van der Waals surface area contributed by atoms with Gasteiger partial charge in [-0.3, -0.25) is 0 Å². The van der Waals surface area contributed by atoms with Gasteiger partial charge in [-0.05, 0) is 54.8 Å². The van der Waals surface area contributed by atoms with Crippen molar-refractivity contribution in [2.45, 2.75) is 20.4 Å². The van der Waals surface area contributed by atoms with Gasteiger partial charge in [0.05, 0.1) is 0 Å². The second kappa shape index (κ2) is 5.95.